The van der Waals surface area contributed by atoms with Crippen LogP contribution in [0.2, 0.25) is 0 Å². The molecule has 1 heteroatoms. The smallest absolute Gasteiger partial charge is 0.143 e. The molecule has 49 heavy (non-hydrogen) atoms. The summed E-state index contributed by atoms with van der Waals surface area (Å²) in [6.45, 7) is 0. The minimum atomic E-state index is -1.09. The Hall–Kier alpha value is -6.44. The number of hydrogen-bond donors (Lipinski definition) is 0. The van der Waals surface area contributed by atoms with Crippen molar-refractivity contribution in [1.29, 1.82) is 0 Å². The topological polar surface area (TPSA) is 13.1 Å². The lowest BCUT2D eigenvalue weighted by atomic mass is 9.85. The van der Waals surface area contributed by atoms with Gasteiger partial charge in [-0.15, -0.1) is 0 Å². The molecule has 0 saturated carbocycles. The zero-order valence-corrected chi connectivity index (χ0v) is 24.5. The number of benzene rings is 9. The van der Waals surface area contributed by atoms with Gasteiger partial charge >= 0.3 is 0 Å². The zero-order valence-electron chi connectivity index (χ0n) is 53.5. The van der Waals surface area contributed by atoms with Crippen LogP contribution in [0.4, 0.5) is 0 Å². The predicted molar refractivity (Wildman–Crippen MR) is 208 cm³/mol. The molecule has 0 N–H and O–H groups in total. The lowest BCUT2D eigenvalue weighted by Crippen LogP contribution is -1.91. The molecule has 0 radical (unpaired) electrons. The van der Waals surface area contributed by atoms with Gasteiger partial charge in [0.05, 0.1) is 39.8 Å². The number of fused-ring (bicyclic) bond motifs is 6. The van der Waals surface area contributed by atoms with E-state index in [1.165, 1.54) is 0 Å². The van der Waals surface area contributed by atoms with Gasteiger partial charge in [0.25, 0.3) is 0 Å². The van der Waals surface area contributed by atoms with E-state index in [0.29, 0.717) is 0 Å². The normalized spacial score (nSPS) is 20.0. The van der Waals surface area contributed by atoms with Crippen molar-refractivity contribution in [1.82, 2.24) is 0 Å². The number of furan rings is 1. The first-order chi connectivity index (χ1) is 36.4. The maximum absolute atomic E-state index is 9.82. The Labute approximate surface area is 325 Å². The Morgan fingerprint density at radius 2 is 0.939 bits per heavy atom. The van der Waals surface area contributed by atoms with E-state index in [9.17, 15) is 13.7 Å². The summed E-state index contributed by atoms with van der Waals surface area (Å²) in [6, 6.07) is -25.6. The molecule has 0 fully saturated rings. The summed E-state index contributed by atoms with van der Waals surface area (Å²) < 4.78 is 267. The van der Waals surface area contributed by atoms with Gasteiger partial charge in [-0.3, -0.25) is 0 Å². The van der Waals surface area contributed by atoms with Gasteiger partial charge in [0.15, 0.2) is 0 Å². The third-order valence-electron chi connectivity index (χ3n) is 7.89. The fourth-order valence-corrected chi connectivity index (χ4v) is 5.79. The molecule has 1 aromatic heterocycles. The zero-order chi connectivity index (χ0) is 57.5. The quantitative estimate of drug-likeness (QED) is 0.173. The summed E-state index contributed by atoms with van der Waals surface area (Å²) >= 11 is 0. The van der Waals surface area contributed by atoms with Crippen molar-refractivity contribution < 1.29 is 44.2 Å². The fraction of sp³-hybridized carbons (Fsp3) is 0. The summed E-state index contributed by atoms with van der Waals surface area (Å²) in [5.74, 6) is 0. The highest BCUT2D eigenvalue weighted by Crippen LogP contribution is 2.47. The van der Waals surface area contributed by atoms with Crippen LogP contribution in [0, 0.1) is 0 Å². The summed E-state index contributed by atoms with van der Waals surface area (Å²) in [5.41, 5.74) is -7.20. The third kappa shape index (κ3) is 4.47. The number of rotatable bonds is 4. The maximum atomic E-state index is 9.82. The number of para-hydroxylation sites is 1. The van der Waals surface area contributed by atoms with E-state index in [2.05, 4.69) is 0 Å². The van der Waals surface area contributed by atoms with Crippen LogP contribution in [0.25, 0.3) is 98.8 Å². The van der Waals surface area contributed by atoms with Gasteiger partial charge < -0.3 is 4.42 Å². The second-order valence-electron chi connectivity index (χ2n) is 10.6. The largest absolute Gasteiger partial charge is 0.455 e. The molecule has 10 rings (SSSR count). The van der Waals surface area contributed by atoms with Gasteiger partial charge in [0, 0.05) is 21.9 Å². The number of hydrogen-bond acceptors (Lipinski definition) is 1. The van der Waals surface area contributed by atoms with Gasteiger partial charge in [0.1, 0.15) is 11.2 Å². The van der Waals surface area contributed by atoms with Crippen molar-refractivity contribution in [2.24, 2.45) is 0 Å². The molecule has 0 bridgehead atoms. The summed E-state index contributed by atoms with van der Waals surface area (Å²) in [6.07, 6.45) is 0. The van der Waals surface area contributed by atoms with Gasteiger partial charge in [-0.2, -0.15) is 0 Å². The standard InChI is InChI=1S/C48H30O/c1-2-12-31(13-3-1)36-26-27-38-43-22-11-23-44(48(43)49-45(38)30-36)47-41-20-8-6-18-39(41)46(40-19-7-9-21-42(40)47)37-17-10-16-34(29-37)35-25-24-32-14-4-5-15-33(32)28-35/h1-30H/i1D,2D,3D,4D,5D,6D,7D,8D,9D,10D,11D,12D,13D,14D,15D,16D,17D,18D,19D,20D,21D,23D,24D,25D,26D,27D,28D,29D,30D. The van der Waals surface area contributed by atoms with Gasteiger partial charge in [0.2, 0.25) is 0 Å². The van der Waals surface area contributed by atoms with E-state index in [1.54, 1.807) is 0 Å². The molecule has 0 spiro atoms. The summed E-state index contributed by atoms with van der Waals surface area (Å²) in [4.78, 5) is 0. The summed E-state index contributed by atoms with van der Waals surface area (Å²) in [7, 11) is 0. The molecule has 1 nitrogen and oxygen atoms in total. The maximum Gasteiger partial charge on any atom is 0.143 e. The first-order valence-corrected chi connectivity index (χ1v) is 14.5. The van der Waals surface area contributed by atoms with E-state index < -0.39 is 269 Å². The highest BCUT2D eigenvalue weighted by Gasteiger charge is 2.20. The molecule has 9 aromatic carbocycles. The van der Waals surface area contributed by atoms with Crippen LogP contribution in [0.5, 0.6) is 0 Å². The monoisotopic (exact) mass is 651 g/mol. The Morgan fingerprint density at radius 3 is 1.71 bits per heavy atom. The molecule has 228 valence electrons. The Morgan fingerprint density at radius 1 is 0.347 bits per heavy atom. The van der Waals surface area contributed by atoms with Crippen LogP contribution >= 0.6 is 0 Å². The fourth-order valence-electron chi connectivity index (χ4n) is 5.79. The molecule has 1 heterocycles. The van der Waals surface area contributed by atoms with Crippen molar-refractivity contribution in [2.75, 3.05) is 0 Å². The van der Waals surface area contributed by atoms with Crippen molar-refractivity contribution in [3.63, 3.8) is 0 Å². The second-order valence-corrected chi connectivity index (χ2v) is 10.6. The second kappa shape index (κ2) is 11.1. The molecule has 0 aliphatic carbocycles. The predicted octanol–water partition coefficient (Wildman–Crippen LogP) is 13.7. The highest BCUT2D eigenvalue weighted by atomic mass is 16.3. The lowest BCUT2D eigenvalue weighted by molar-refractivity contribution is 0.670. The average molecular weight is 652 g/mol. The minimum absolute atomic E-state index is 0.310. The molecule has 0 aliphatic heterocycles. The van der Waals surface area contributed by atoms with Crippen LogP contribution < -0.4 is 0 Å². The first kappa shape index (κ1) is 11.3. The van der Waals surface area contributed by atoms with E-state index in [-0.39, 0.29) is 5.39 Å². The van der Waals surface area contributed by atoms with E-state index in [0.717, 1.165) is 6.07 Å². The third-order valence-corrected chi connectivity index (χ3v) is 7.89. The SMILES string of the molecule is [2H]c1cc2c(oc3c([2H])c(-c4c([2H])c([2H])c([2H])c([2H])c4[2H])c([2H])c([2H])c32)c(-c2c3c([2H])c([2H])c([2H])c([2H])c3c(-c3c([2H])c([2H])c([2H])c(-c4c([2H])c([2H])c5c([2H])c([2H])c([2H])c([2H])c5c4[2H])c3[2H])c3c([2H])c([2H])c([2H])c([2H])c23)c1[2H]. The molecular formula is C48H30O. The van der Waals surface area contributed by atoms with Crippen LogP contribution in [-0.2, 0) is 0 Å². The molecule has 0 unspecified atom stereocenters. The molecule has 0 amide bonds. The molecular weight excluding hydrogens is 593 g/mol. The lowest BCUT2D eigenvalue weighted by Gasteiger charge is -2.18. The van der Waals surface area contributed by atoms with Crippen LogP contribution in [0.1, 0.15) is 39.8 Å². The van der Waals surface area contributed by atoms with Gasteiger partial charge in [-0.1, -0.05) is 157 Å². The Bertz CT molecular complexity index is 4430. The van der Waals surface area contributed by atoms with Crippen LogP contribution in [0.3, 0.4) is 0 Å². The molecule has 10 aromatic rings. The van der Waals surface area contributed by atoms with Gasteiger partial charge in [-0.05, 0) is 89.9 Å². The molecule has 0 atom stereocenters. The van der Waals surface area contributed by atoms with Crippen molar-refractivity contribution in [2.45, 2.75) is 0 Å². The van der Waals surface area contributed by atoms with Crippen molar-refractivity contribution >= 4 is 54.3 Å². The molecule has 0 saturated heterocycles. The average Bonchev–Trinajstić information content (AvgIpc) is 3.96. The van der Waals surface area contributed by atoms with E-state index >= 15 is 0 Å². The van der Waals surface area contributed by atoms with E-state index in [4.69, 9.17) is 30.5 Å². The van der Waals surface area contributed by atoms with E-state index in [1.807, 2.05) is 0 Å². The minimum Gasteiger partial charge on any atom is -0.455 e. The Balaban J connectivity index is 1.46. The molecule has 0 aliphatic rings. The first-order valence-electron chi connectivity index (χ1n) is 29.0. The van der Waals surface area contributed by atoms with Gasteiger partial charge in [-0.25, -0.2) is 0 Å². The Kier molecular flexibility index (Phi) is 2.56. The van der Waals surface area contributed by atoms with Crippen molar-refractivity contribution in [3.05, 3.63) is 181 Å². The van der Waals surface area contributed by atoms with Crippen LogP contribution in [-0.4, -0.2) is 0 Å². The van der Waals surface area contributed by atoms with Crippen molar-refractivity contribution in [3.8, 4) is 44.5 Å². The summed E-state index contributed by atoms with van der Waals surface area (Å²) in [5, 5.41) is -4.88. The highest BCUT2D eigenvalue weighted by molar-refractivity contribution is 6.24. The van der Waals surface area contributed by atoms with Crippen LogP contribution in [0.15, 0.2) is 186 Å².